The van der Waals surface area contributed by atoms with E-state index in [9.17, 15) is 22.9 Å². The van der Waals surface area contributed by atoms with Crippen molar-refractivity contribution in [3.05, 3.63) is 93.8 Å². The summed E-state index contributed by atoms with van der Waals surface area (Å²) < 4.78 is 52.3. The minimum Gasteiger partial charge on any atom is -0.497 e. The lowest BCUT2D eigenvalue weighted by atomic mass is 10.2. The predicted octanol–water partition coefficient (Wildman–Crippen LogP) is 4.14. The van der Waals surface area contributed by atoms with E-state index in [4.69, 9.17) is 9.47 Å². The number of methoxy groups -OCH3 is 2. The maximum Gasteiger partial charge on any atom is 0.304 e. The Kier molecular flexibility index (Phi) is 7.06. The smallest absolute Gasteiger partial charge is 0.304 e. The Hall–Kier alpha value is -3.50. The third kappa shape index (κ3) is 5.21. The molecule has 0 bridgehead atoms. The number of benzene rings is 3. The molecule has 0 radical (unpaired) electrons. The fourth-order valence-electron chi connectivity index (χ4n) is 3.04. The van der Waals surface area contributed by atoms with Crippen LogP contribution in [-0.2, 0) is 23.1 Å². The summed E-state index contributed by atoms with van der Waals surface area (Å²) >= 11 is 0. The molecular weight excluding hydrogens is 439 g/mol. The quantitative estimate of drug-likeness (QED) is 0.352. The van der Waals surface area contributed by atoms with Crippen LogP contribution in [0.4, 0.5) is 10.1 Å². The first-order valence-corrected chi connectivity index (χ1v) is 10.9. The van der Waals surface area contributed by atoms with Gasteiger partial charge in [0, 0.05) is 25.2 Å². The SMILES string of the molecule is COc1ccc(CN(Cc2ccc(OC)cc2)S(=O)(=O)c2ccc([N+](=O)[O-])c(F)c2)cc1. The van der Waals surface area contributed by atoms with Crippen LogP contribution in [0.2, 0.25) is 0 Å². The molecule has 32 heavy (non-hydrogen) atoms. The predicted molar refractivity (Wildman–Crippen MR) is 115 cm³/mol. The van der Waals surface area contributed by atoms with Crippen LogP contribution in [0.25, 0.3) is 0 Å². The van der Waals surface area contributed by atoms with Gasteiger partial charge in [0.2, 0.25) is 15.8 Å². The summed E-state index contributed by atoms with van der Waals surface area (Å²) in [7, 11) is -1.13. The van der Waals surface area contributed by atoms with Gasteiger partial charge in [-0.1, -0.05) is 24.3 Å². The number of hydrogen-bond donors (Lipinski definition) is 0. The van der Waals surface area contributed by atoms with Gasteiger partial charge in [-0.3, -0.25) is 10.1 Å². The molecule has 0 spiro atoms. The van der Waals surface area contributed by atoms with Crippen molar-refractivity contribution in [1.29, 1.82) is 0 Å². The molecule has 0 saturated carbocycles. The van der Waals surface area contributed by atoms with Gasteiger partial charge in [-0.2, -0.15) is 8.70 Å². The van der Waals surface area contributed by atoms with Gasteiger partial charge >= 0.3 is 5.69 Å². The highest BCUT2D eigenvalue weighted by atomic mass is 32.2. The van der Waals surface area contributed by atoms with E-state index in [0.717, 1.165) is 12.1 Å². The molecule has 0 fully saturated rings. The number of halogens is 1. The van der Waals surface area contributed by atoms with Gasteiger partial charge < -0.3 is 9.47 Å². The summed E-state index contributed by atoms with van der Waals surface area (Å²) in [4.78, 5) is 9.61. The normalized spacial score (nSPS) is 11.4. The lowest BCUT2D eigenvalue weighted by Crippen LogP contribution is -2.30. The number of sulfonamides is 1. The summed E-state index contributed by atoms with van der Waals surface area (Å²) in [6, 6.07) is 16.3. The fraction of sp³-hybridized carbons (Fsp3) is 0.182. The minimum atomic E-state index is -4.19. The van der Waals surface area contributed by atoms with Gasteiger partial charge in [0.1, 0.15) is 11.5 Å². The van der Waals surface area contributed by atoms with Crippen LogP contribution in [0.5, 0.6) is 11.5 Å². The van der Waals surface area contributed by atoms with E-state index in [1.807, 2.05) is 0 Å². The van der Waals surface area contributed by atoms with Crippen LogP contribution in [0.3, 0.4) is 0 Å². The number of hydrogen-bond acceptors (Lipinski definition) is 6. The molecule has 0 aromatic heterocycles. The number of nitro groups is 1. The molecule has 168 valence electrons. The second-order valence-electron chi connectivity index (χ2n) is 6.84. The van der Waals surface area contributed by atoms with Crippen LogP contribution in [0.15, 0.2) is 71.6 Å². The Morgan fingerprint density at radius 2 is 1.34 bits per heavy atom. The first-order chi connectivity index (χ1) is 15.2. The topological polar surface area (TPSA) is 99.0 Å². The van der Waals surface area contributed by atoms with Gasteiger partial charge in [-0.15, -0.1) is 0 Å². The molecule has 0 amide bonds. The third-order valence-electron chi connectivity index (χ3n) is 4.79. The van der Waals surface area contributed by atoms with Crippen molar-refractivity contribution in [2.45, 2.75) is 18.0 Å². The lowest BCUT2D eigenvalue weighted by Gasteiger charge is -2.23. The standard InChI is InChI=1S/C22H21FN2O6S/c1-30-18-7-3-16(4-8-18)14-24(15-17-5-9-19(31-2)10-6-17)32(28,29)20-11-12-22(25(26)27)21(23)13-20/h3-13H,14-15H2,1-2H3. The third-order valence-corrected chi connectivity index (χ3v) is 6.58. The monoisotopic (exact) mass is 460 g/mol. The molecule has 0 aliphatic rings. The first kappa shape index (κ1) is 23.2. The molecule has 0 saturated heterocycles. The van der Waals surface area contributed by atoms with Crippen molar-refractivity contribution in [2.24, 2.45) is 0 Å². The van der Waals surface area contributed by atoms with E-state index in [-0.39, 0.29) is 18.0 Å². The van der Waals surface area contributed by atoms with Crippen molar-refractivity contribution < 1.29 is 27.2 Å². The van der Waals surface area contributed by atoms with E-state index >= 15 is 0 Å². The molecular formula is C22H21FN2O6S. The van der Waals surface area contributed by atoms with Crippen LogP contribution in [0.1, 0.15) is 11.1 Å². The molecule has 3 aromatic rings. The number of nitrogens with zero attached hydrogens (tertiary/aromatic N) is 2. The molecule has 0 heterocycles. The van der Waals surface area contributed by atoms with Crippen molar-refractivity contribution >= 4 is 15.7 Å². The summed E-state index contributed by atoms with van der Waals surface area (Å²) in [5.74, 6) is 0.0245. The van der Waals surface area contributed by atoms with Gasteiger partial charge in [-0.05, 0) is 41.5 Å². The zero-order valence-electron chi connectivity index (χ0n) is 17.4. The Bertz CT molecular complexity index is 1150. The molecule has 0 N–H and O–H groups in total. The first-order valence-electron chi connectivity index (χ1n) is 9.44. The zero-order valence-corrected chi connectivity index (χ0v) is 18.2. The van der Waals surface area contributed by atoms with Gasteiger partial charge in [-0.25, -0.2) is 8.42 Å². The lowest BCUT2D eigenvalue weighted by molar-refractivity contribution is -0.387. The molecule has 0 aliphatic carbocycles. The van der Waals surface area contributed by atoms with Crippen LogP contribution in [0, 0.1) is 15.9 Å². The van der Waals surface area contributed by atoms with Crippen LogP contribution < -0.4 is 9.47 Å². The maximum atomic E-state index is 14.2. The molecule has 8 nitrogen and oxygen atoms in total. The summed E-state index contributed by atoms with van der Waals surface area (Å²) in [5.41, 5.74) is 0.580. The highest BCUT2D eigenvalue weighted by Gasteiger charge is 2.27. The Labute approximate surface area is 185 Å². The molecule has 0 atom stereocenters. The second-order valence-corrected chi connectivity index (χ2v) is 8.78. The minimum absolute atomic E-state index is 0.00301. The molecule has 10 heteroatoms. The average Bonchev–Trinajstić information content (AvgIpc) is 2.79. The largest absolute Gasteiger partial charge is 0.497 e. The Balaban J connectivity index is 1.98. The van der Waals surface area contributed by atoms with Crippen LogP contribution >= 0.6 is 0 Å². The van der Waals surface area contributed by atoms with Crippen molar-refractivity contribution in [3.63, 3.8) is 0 Å². The zero-order chi connectivity index (χ0) is 23.3. The van der Waals surface area contributed by atoms with Crippen molar-refractivity contribution in [2.75, 3.05) is 14.2 Å². The molecule has 3 rings (SSSR count). The van der Waals surface area contributed by atoms with Gasteiger partial charge in [0.15, 0.2) is 0 Å². The number of rotatable bonds is 9. The fourth-order valence-corrected chi connectivity index (χ4v) is 4.47. The van der Waals surface area contributed by atoms with E-state index in [1.54, 1.807) is 48.5 Å². The number of nitro benzene ring substituents is 1. The van der Waals surface area contributed by atoms with E-state index in [0.29, 0.717) is 28.7 Å². The number of ether oxygens (including phenoxy) is 2. The van der Waals surface area contributed by atoms with E-state index < -0.39 is 26.5 Å². The highest BCUT2D eigenvalue weighted by Crippen LogP contribution is 2.26. The van der Waals surface area contributed by atoms with E-state index in [1.165, 1.54) is 18.5 Å². The highest BCUT2D eigenvalue weighted by molar-refractivity contribution is 7.89. The average molecular weight is 460 g/mol. The van der Waals surface area contributed by atoms with Crippen molar-refractivity contribution in [1.82, 2.24) is 4.31 Å². The molecule has 0 aliphatic heterocycles. The summed E-state index contributed by atoms with van der Waals surface area (Å²) in [5, 5.41) is 10.9. The van der Waals surface area contributed by atoms with Crippen LogP contribution in [-0.4, -0.2) is 31.9 Å². The van der Waals surface area contributed by atoms with Gasteiger partial charge in [0.25, 0.3) is 0 Å². The maximum absolute atomic E-state index is 14.2. The Morgan fingerprint density at radius 3 is 1.72 bits per heavy atom. The summed E-state index contributed by atoms with van der Waals surface area (Å²) in [6.07, 6.45) is 0. The second kappa shape index (κ2) is 9.75. The molecule has 0 unspecified atom stereocenters. The Morgan fingerprint density at radius 1 is 0.875 bits per heavy atom. The molecule has 3 aromatic carbocycles. The summed E-state index contributed by atoms with van der Waals surface area (Å²) in [6.45, 7) is -0.00602. The van der Waals surface area contributed by atoms with Gasteiger partial charge in [0.05, 0.1) is 24.0 Å². The van der Waals surface area contributed by atoms with Crippen molar-refractivity contribution in [3.8, 4) is 11.5 Å². The van der Waals surface area contributed by atoms with E-state index in [2.05, 4.69) is 0 Å².